The Hall–Kier alpha value is -2.77. The summed E-state index contributed by atoms with van der Waals surface area (Å²) in [6.45, 7) is 1.80. The first kappa shape index (κ1) is 16.6. The van der Waals surface area contributed by atoms with Crippen LogP contribution in [0.15, 0.2) is 48.0 Å². The molecule has 23 heavy (non-hydrogen) atoms. The molecule has 0 spiro atoms. The largest absolute Gasteiger partial charge is 0.496 e. The average Bonchev–Trinajstić information content (AvgIpc) is 2.57. The predicted octanol–water partition coefficient (Wildman–Crippen LogP) is 4.20. The third kappa shape index (κ3) is 3.91. The van der Waals surface area contributed by atoms with Crippen molar-refractivity contribution >= 4 is 29.3 Å². The molecule has 0 bridgehead atoms. The number of halogens is 1. The molecule has 2 rings (SSSR count). The van der Waals surface area contributed by atoms with Crippen LogP contribution < -0.4 is 10.1 Å². The lowest BCUT2D eigenvalue weighted by molar-refractivity contribution is -0.112. The van der Waals surface area contributed by atoms with E-state index < -0.39 is 5.91 Å². The minimum atomic E-state index is -0.497. The van der Waals surface area contributed by atoms with Gasteiger partial charge in [-0.25, -0.2) is 0 Å². The number of nitrogens with zero attached hydrogens (tertiary/aromatic N) is 1. The van der Waals surface area contributed by atoms with Gasteiger partial charge in [-0.15, -0.1) is 0 Å². The van der Waals surface area contributed by atoms with Crippen molar-refractivity contribution in [2.45, 2.75) is 6.92 Å². The number of para-hydroxylation sites is 1. The van der Waals surface area contributed by atoms with Gasteiger partial charge >= 0.3 is 0 Å². The van der Waals surface area contributed by atoms with Gasteiger partial charge in [0, 0.05) is 16.3 Å². The summed E-state index contributed by atoms with van der Waals surface area (Å²) in [5.41, 5.74) is 1.96. The third-order valence-electron chi connectivity index (χ3n) is 3.32. The van der Waals surface area contributed by atoms with Gasteiger partial charge in [-0.1, -0.05) is 35.9 Å². The molecule has 5 heteroatoms. The van der Waals surface area contributed by atoms with E-state index in [9.17, 15) is 10.1 Å². The molecule has 0 aliphatic heterocycles. The molecule has 0 aromatic heterocycles. The summed E-state index contributed by atoms with van der Waals surface area (Å²) in [4.78, 5) is 12.3. The van der Waals surface area contributed by atoms with Crippen molar-refractivity contribution in [2.24, 2.45) is 0 Å². The Bertz CT molecular complexity index is 807. The van der Waals surface area contributed by atoms with Gasteiger partial charge < -0.3 is 10.1 Å². The molecule has 0 unspecified atom stereocenters. The number of hydrogen-bond acceptors (Lipinski definition) is 3. The number of methoxy groups -OCH3 is 1. The number of carbonyl (C=O) groups excluding carboxylic acids is 1. The second-order valence-electron chi connectivity index (χ2n) is 4.78. The van der Waals surface area contributed by atoms with E-state index in [0.717, 1.165) is 5.56 Å². The van der Waals surface area contributed by atoms with Gasteiger partial charge in [-0.2, -0.15) is 5.26 Å². The summed E-state index contributed by atoms with van der Waals surface area (Å²) in [5, 5.41) is 12.5. The Morgan fingerprint density at radius 1 is 1.26 bits per heavy atom. The van der Waals surface area contributed by atoms with Crippen molar-refractivity contribution in [3.63, 3.8) is 0 Å². The van der Waals surface area contributed by atoms with Crippen LogP contribution in [0.5, 0.6) is 5.75 Å². The number of ether oxygens (including phenoxy) is 1. The second kappa shape index (κ2) is 7.48. The highest BCUT2D eigenvalue weighted by Crippen LogP contribution is 2.24. The molecule has 0 aliphatic carbocycles. The van der Waals surface area contributed by atoms with Gasteiger partial charge in [0.25, 0.3) is 5.91 Å². The molecule has 2 aromatic rings. The minimum absolute atomic E-state index is 0.0196. The smallest absolute Gasteiger partial charge is 0.266 e. The molecule has 0 aliphatic rings. The number of carbonyl (C=O) groups is 1. The van der Waals surface area contributed by atoms with E-state index in [4.69, 9.17) is 16.3 Å². The molecular weight excluding hydrogens is 312 g/mol. The highest BCUT2D eigenvalue weighted by molar-refractivity contribution is 6.31. The number of benzene rings is 2. The second-order valence-corrected chi connectivity index (χ2v) is 5.19. The quantitative estimate of drug-likeness (QED) is 0.676. The Kier molecular flexibility index (Phi) is 5.40. The summed E-state index contributed by atoms with van der Waals surface area (Å²) in [7, 11) is 1.54. The van der Waals surface area contributed by atoms with Gasteiger partial charge in [0.15, 0.2) is 0 Å². The zero-order valence-corrected chi connectivity index (χ0v) is 13.5. The van der Waals surface area contributed by atoms with Crippen LogP contribution in [0.25, 0.3) is 6.08 Å². The van der Waals surface area contributed by atoms with Crippen LogP contribution in [-0.2, 0) is 4.79 Å². The number of anilines is 1. The van der Waals surface area contributed by atoms with E-state index in [0.29, 0.717) is 22.0 Å². The third-order valence-corrected chi connectivity index (χ3v) is 3.73. The van der Waals surface area contributed by atoms with Crippen molar-refractivity contribution in [3.05, 3.63) is 64.2 Å². The van der Waals surface area contributed by atoms with E-state index >= 15 is 0 Å². The Morgan fingerprint density at radius 2 is 2.00 bits per heavy atom. The molecule has 0 atom stereocenters. The molecule has 1 amide bonds. The van der Waals surface area contributed by atoms with Gasteiger partial charge in [0.1, 0.15) is 17.4 Å². The van der Waals surface area contributed by atoms with Crippen LogP contribution in [0, 0.1) is 18.3 Å². The molecule has 0 saturated heterocycles. The van der Waals surface area contributed by atoms with Gasteiger partial charge in [0.2, 0.25) is 0 Å². The van der Waals surface area contributed by atoms with Crippen LogP contribution in [0.3, 0.4) is 0 Å². The van der Waals surface area contributed by atoms with Crippen molar-refractivity contribution in [1.82, 2.24) is 0 Å². The zero-order valence-electron chi connectivity index (χ0n) is 12.8. The summed E-state index contributed by atoms with van der Waals surface area (Å²) < 4.78 is 5.22. The zero-order chi connectivity index (χ0) is 16.8. The molecule has 1 N–H and O–H groups in total. The van der Waals surface area contributed by atoms with E-state index in [1.807, 2.05) is 18.2 Å². The summed E-state index contributed by atoms with van der Waals surface area (Å²) in [6.07, 6.45) is 1.49. The van der Waals surface area contributed by atoms with Crippen LogP contribution in [0.2, 0.25) is 5.02 Å². The molecule has 2 aromatic carbocycles. The number of nitrogens with one attached hydrogen (secondary N) is 1. The maximum Gasteiger partial charge on any atom is 0.266 e. The van der Waals surface area contributed by atoms with Crippen molar-refractivity contribution < 1.29 is 9.53 Å². The summed E-state index contributed by atoms with van der Waals surface area (Å²) >= 11 is 6.03. The molecule has 0 fully saturated rings. The summed E-state index contributed by atoms with van der Waals surface area (Å²) in [5.74, 6) is 0.0933. The predicted molar refractivity (Wildman–Crippen MR) is 91.4 cm³/mol. The first-order valence-corrected chi connectivity index (χ1v) is 7.26. The normalized spacial score (nSPS) is 10.8. The fourth-order valence-corrected chi connectivity index (χ4v) is 2.20. The number of amides is 1. The summed E-state index contributed by atoms with van der Waals surface area (Å²) in [6, 6.07) is 14.3. The van der Waals surface area contributed by atoms with E-state index in [-0.39, 0.29) is 5.57 Å². The Labute approximate surface area is 140 Å². The maximum atomic E-state index is 12.3. The standard InChI is InChI=1S/C18H15ClN2O2/c1-12-15(19)7-5-8-16(12)21-18(22)14(11-20)10-13-6-3-4-9-17(13)23-2/h3-10H,1-2H3,(H,21,22)/b14-10+. The maximum absolute atomic E-state index is 12.3. The van der Waals surface area contributed by atoms with E-state index in [1.54, 1.807) is 37.3 Å². The highest BCUT2D eigenvalue weighted by atomic mass is 35.5. The first-order chi connectivity index (χ1) is 11.1. The molecular formula is C18H15ClN2O2. The number of rotatable bonds is 4. The fourth-order valence-electron chi connectivity index (χ4n) is 2.02. The molecule has 116 valence electrons. The van der Waals surface area contributed by atoms with Gasteiger partial charge in [-0.3, -0.25) is 4.79 Å². The number of nitriles is 1. The van der Waals surface area contributed by atoms with Crippen molar-refractivity contribution in [3.8, 4) is 11.8 Å². The van der Waals surface area contributed by atoms with Crippen LogP contribution in [0.1, 0.15) is 11.1 Å². The van der Waals surface area contributed by atoms with E-state index in [2.05, 4.69) is 5.32 Å². The minimum Gasteiger partial charge on any atom is -0.496 e. The molecule has 0 saturated carbocycles. The fraction of sp³-hybridized carbons (Fsp3) is 0.111. The molecule has 0 radical (unpaired) electrons. The van der Waals surface area contributed by atoms with Crippen molar-refractivity contribution in [2.75, 3.05) is 12.4 Å². The van der Waals surface area contributed by atoms with Crippen LogP contribution >= 0.6 is 11.6 Å². The first-order valence-electron chi connectivity index (χ1n) is 6.88. The number of hydrogen-bond donors (Lipinski definition) is 1. The van der Waals surface area contributed by atoms with Gasteiger partial charge in [-0.05, 0) is 36.8 Å². The lowest BCUT2D eigenvalue weighted by atomic mass is 10.1. The van der Waals surface area contributed by atoms with Crippen LogP contribution in [-0.4, -0.2) is 13.0 Å². The average molecular weight is 327 g/mol. The Balaban J connectivity index is 2.31. The topological polar surface area (TPSA) is 62.1 Å². The monoisotopic (exact) mass is 326 g/mol. The lowest BCUT2D eigenvalue weighted by Gasteiger charge is -2.09. The SMILES string of the molecule is COc1ccccc1/C=C(\C#N)C(=O)Nc1cccc(Cl)c1C. The molecule has 4 nitrogen and oxygen atoms in total. The van der Waals surface area contributed by atoms with Crippen molar-refractivity contribution in [1.29, 1.82) is 5.26 Å². The Morgan fingerprint density at radius 3 is 2.70 bits per heavy atom. The highest BCUT2D eigenvalue weighted by Gasteiger charge is 2.12. The lowest BCUT2D eigenvalue weighted by Crippen LogP contribution is -2.14. The van der Waals surface area contributed by atoms with Crippen LogP contribution in [0.4, 0.5) is 5.69 Å². The molecule has 0 heterocycles. The van der Waals surface area contributed by atoms with Gasteiger partial charge in [0.05, 0.1) is 7.11 Å². The van der Waals surface area contributed by atoms with E-state index in [1.165, 1.54) is 13.2 Å².